The fourth-order valence-corrected chi connectivity index (χ4v) is 2.75. The molecule has 3 nitrogen and oxygen atoms in total. The van der Waals surface area contributed by atoms with Crippen molar-refractivity contribution in [1.82, 2.24) is 9.80 Å². The van der Waals surface area contributed by atoms with Gasteiger partial charge in [-0.3, -0.25) is 0 Å². The summed E-state index contributed by atoms with van der Waals surface area (Å²) >= 11 is 0. The van der Waals surface area contributed by atoms with Crippen molar-refractivity contribution in [2.75, 3.05) is 45.8 Å². The first-order valence-electron chi connectivity index (χ1n) is 7.53. The van der Waals surface area contributed by atoms with E-state index >= 15 is 0 Å². The molecule has 100 valence electrons. The third-order valence-electron chi connectivity index (χ3n) is 4.07. The van der Waals surface area contributed by atoms with Crippen molar-refractivity contribution < 1.29 is 0 Å². The SMILES string of the molecule is NCCCCCN1CCCN(CC2CC2)CC1. The van der Waals surface area contributed by atoms with E-state index in [-0.39, 0.29) is 0 Å². The van der Waals surface area contributed by atoms with Gasteiger partial charge in [0.25, 0.3) is 0 Å². The predicted molar refractivity (Wildman–Crippen MR) is 73.1 cm³/mol. The fourth-order valence-electron chi connectivity index (χ4n) is 2.75. The van der Waals surface area contributed by atoms with Crippen LogP contribution in [-0.2, 0) is 0 Å². The maximum atomic E-state index is 5.52. The normalized spacial score (nSPS) is 23.8. The fraction of sp³-hybridized carbons (Fsp3) is 1.00. The standard InChI is InChI=1S/C14H29N3/c15-7-2-1-3-8-16-9-4-10-17(12-11-16)13-14-5-6-14/h14H,1-13,15H2. The second kappa shape index (κ2) is 7.34. The van der Waals surface area contributed by atoms with Gasteiger partial charge < -0.3 is 15.5 Å². The Balaban J connectivity index is 1.57. The summed E-state index contributed by atoms with van der Waals surface area (Å²) in [4.78, 5) is 5.35. The molecular weight excluding hydrogens is 210 g/mol. The molecule has 1 saturated carbocycles. The zero-order valence-corrected chi connectivity index (χ0v) is 11.2. The zero-order valence-electron chi connectivity index (χ0n) is 11.2. The van der Waals surface area contributed by atoms with Crippen molar-refractivity contribution in [2.24, 2.45) is 11.7 Å². The molecule has 0 aromatic heterocycles. The lowest BCUT2D eigenvalue weighted by Gasteiger charge is -2.21. The van der Waals surface area contributed by atoms with Crippen LogP contribution in [0.4, 0.5) is 0 Å². The van der Waals surface area contributed by atoms with Gasteiger partial charge in [0, 0.05) is 19.6 Å². The molecule has 0 aromatic rings. The lowest BCUT2D eigenvalue weighted by atomic mass is 10.2. The molecule has 0 bridgehead atoms. The Morgan fingerprint density at radius 1 is 0.882 bits per heavy atom. The molecule has 0 radical (unpaired) electrons. The summed E-state index contributed by atoms with van der Waals surface area (Å²) in [7, 11) is 0. The molecule has 0 atom stereocenters. The van der Waals surface area contributed by atoms with Gasteiger partial charge in [0.2, 0.25) is 0 Å². The van der Waals surface area contributed by atoms with Crippen LogP contribution < -0.4 is 5.73 Å². The van der Waals surface area contributed by atoms with Crippen LogP contribution in [0.5, 0.6) is 0 Å². The minimum Gasteiger partial charge on any atom is -0.330 e. The molecule has 2 N–H and O–H groups in total. The summed E-state index contributed by atoms with van der Waals surface area (Å²) in [5.74, 6) is 1.05. The van der Waals surface area contributed by atoms with Crippen molar-refractivity contribution in [3.8, 4) is 0 Å². The third-order valence-corrected chi connectivity index (χ3v) is 4.07. The van der Waals surface area contributed by atoms with Crippen LogP contribution in [0.2, 0.25) is 0 Å². The van der Waals surface area contributed by atoms with E-state index in [2.05, 4.69) is 9.80 Å². The van der Waals surface area contributed by atoms with Gasteiger partial charge in [-0.2, -0.15) is 0 Å². The number of hydrogen-bond acceptors (Lipinski definition) is 3. The van der Waals surface area contributed by atoms with Crippen LogP contribution in [0.1, 0.15) is 38.5 Å². The van der Waals surface area contributed by atoms with Gasteiger partial charge in [-0.15, -0.1) is 0 Å². The van der Waals surface area contributed by atoms with Crippen molar-refractivity contribution in [3.63, 3.8) is 0 Å². The molecule has 0 spiro atoms. The Morgan fingerprint density at radius 2 is 1.65 bits per heavy atom. The molecule has 1 aliphatic carbocycles. The van der Waals surface area contributed by atoms with Crippen LogP contribution in [-0.4, -0.2) is 55.6 Å². The van der Waals surface area contributed by atoms with Crippen molar-refractivity contribution >= 4 is 0 Å². The van der Waals surface area contributed by atoms with Gasteiger partial charge in [-0.05, 0) is 64.2 Å². The second-order valence-corrected chi connectivity index (χ2v) is 5.79. The first kappa shape index (κ1) is 13.3. The molecule has 1 heterocycles. The monoisotopic (exact) mass is 239 g/mol. The van der Waals surface area contributed by atoms with Gasteiger partial charge in [0.15, 0.2) is 0 Å². The van der Waals surface area contributed by atoms with Crippen LogP contribution in [0.15, 0.2) is 0 Å². The van der Waals surface area contributed by atoms with Crippen LogP contribution >= 0.6 is 0 Å². The molecule has 3 heteroatoms. The van der Waals surface area contributed by atoms with E-state index in [1.165, 1.54) is 77.8 Å². The predicted octanol–water partition coefficient (Wildman–Crippen LogP) is 1.53. The van der Waals surface area contributed by atoms with Crippen molar-refractivity contribution in [2.45, 2.75) is 38.5 Å². The van der Waals surface area contributed by atoms with Gasteiger partial charge >= 0.3 is 0 Å². The molecule has 0 amide bonds. The highest BCUT2D eigenvalue weighted by atomic mass is 15.2. The summed E-state index contributed by atoms with van der Waals surface area (Å²) in [5, 5.41) is 0. The Morgan fingerprint density at radius 3 is 2.41 bits per heavy atom. The molecule has 0 aromatic carbocycles. The zero-order chi connectivity index (χ0) is 11.9. The molecule has 0 unspecified atom stereocenters. The highest BCUT2D eigenvalue weighted by molar-refractivity contribution is 4.79. The Kier molecular flexibility index (Phi) is 5.75. The quantitative estimate of drug-likeness (QED) is 0.684. The van der Waals surface area contributed by atoms with E-state index in [0.717, 1.165) is 12.5 Å². The first-order chi connectivity index (χ1) is 8.38. The van der Waals surface area contributed by atoms with E-state index in [0.29, 0.717) is 0 Å². The van der Waals surface area contributed by atoms with E-state index in [9.17, 15) is 0 Å². The van der Waals surface area contributed by atoms with E-state index in [1.807, 2.05) is 0 Å². The van der Waals surface area contributed by atoms with Gasteiger partial charge in [-0.25, -0.2) is 0 Å². The lowest BCUT2D eigenvalue weighted by molar-refractivity contribution is 0.247. The van der Waals surface area contributed by atoms with Crippen LogP contribution in [0.3, 0.4) is 0 Å². The highest BCUT2D eigenvalue weighted by Crippen LogP contribution is 2.29. The topological polar surface area (TPSA) is 32.5 Å². The average Bonchev–Trinajstić information content (AvgIpc) is 3.14. The minimum absolute atomic E-state index is 0.856. The van der Waals surface area contributed by atoms with Gasteiger partial charge in [0.05, 0.1) is 0 Å². The number of unbranched alkanes of at least 4 members (excludes halogenated alkanes) is 2. The highest BCUT2D eigenvalue weighted by Gasteiger charge is 2.25. The Hall–Kier alpha value is -0.120. The van der Waals surface area contributed by atoms with Gasteiger partial charge in [-0.1, -0.05) is 6.42 Å². The van der Waals surface area contributed by atoms with E-state index in [1.54, 1.807) is 0 Å². The number of nitrogens with zero attached hydrogens (tertiary/aromatic N) is 2. The minimum atomic E-state index is 0.856. The van der Waals surface area contributed by atoms with Crippen LogP contribution in [0, 0.1) is 5.92 Å². The third kappa shape index (κ3) is 5.36. The molecule has 2 fully saturated rings. The van der Waals surface area contributed by atoms with Crippen molar-refractivity contribution in [1.29, 1.82) is 0 Å². The molecule has 2 aliphatic rings. The molecule has 1 aliphatic heterocycles. The lowest BCUT2D eigenvalue weighted by Crippen LogP contribution is -2.32. The summed E-state index contributed by atoms with van der Waals surface area (Å²) in [6, 6.07) is 0. The number of nitrogens with two attached hydrogens (primary N) is 1. The maximum Gasteiger partial charge on any atom is 0.0109 e. The maximum absolute atomic E-state index is 5.52. The van der Waals surface area contributed by atoms with E-state index in [4.69, 9.17) is 5.73 Å². The average molecular weight is 239 g/mol. The van der Waals surface area contributed by atoms with Gasteiger partial charge in [0.1, 0.15) is 0 Å². The smallest absolute Gasteiger partial charge is 0.0109 e. The summed E-state index contributed by atoms with van der Waals surface area (Å²) in [6.45, 7) is 8.75. The summed E-state index contributed by atoms with van der Waals surface area (Å²) in [6.07, 6.45) is 8.17. The molecule has 17 heavy (non-hydrogen) atoms. The summed E-state index contributed by atoms with van der Waals surface area (Å²) < 4.78 is 0. The molecule has 1 saturated heterocycles. The molecular formula is C14H29N3. The number of hydrogen-bond donors (Lipinski definition) is 1. The van der Waals surface area contributed by atoms with E-state index < -0.39 is 0 Å². The Labute approximate surface area is 106 Å². The molecule has 2 rings (SSSR count). The number of rotatable bonds is 7. The largest absolute Gasteiger partial charge is 0.330 e. The first-order valence-corrected chi connectivity index (χ1v) is 7.53. The van der Waals surface area contributed by atoms with Crippen molar-refractivity contribution in [3.05, 3.63) is 0 Å². The van der Waals surface area contributed by atoms with Crippen LogP contribution in [0.25, 0.3) is 0 Å². The second-order valence-electron chi connectivity index (χ2n) is 5.79. The Bertz CT molecular complexity index is 204. The summed E-state index contributed by atoms with van der Waals surface area (Å²) in [5.41, 5.74) is 5.52.